The minimum Gasteiger partial charge on any atom is -0.497 e. The van der Waals surface area contributed by atoms with E-state index < -0.39 is 18.0 Å². The average Bonchev–Trinajstić information content (AvgIpc) is 3.18. The van der Waals surface area contributed by atoms with E-state index in [1.165, 1.54) is 29.9 Å². The monoisotopic (exact) mass is 522 g/mol. The van der Waals surface area contributed by atoms with Gasteiger partial charge in [0.2, 0.25) is 0 Å². The van der Waals surface area contributed by atoms with Gasteiger partial charge in [-0.1, -0.05) is 29.5 Å². The lowest BCUT2D eigenvalue weighted by Gasteiger charge is -2.26. The molecule has 0 bridgehead atoms. The number of aromatic nitrogens is 1. The summed E-state index contributed by atoms with van der Waals surface area (Å²) < 4.78 is 23.4. The minimum atomic E-state index is -0.845. The summed E-state index contributed by atoms with van der Waals surface area (Å²) in [5.74, 6) is 0.298. The molecule has 1 aromatic heterocycles. The second kappa shape index (κ2) is 10.8. The van der Waals surface area contributed by atoms with Crippen LogP contribution in [0.5, 0.6) is 17.2 Å². The summed E-state index contributed by atoms with van der Waals surface area (Å²) in [5, 5.41) is 0. The van der Waals surface area contributed by atoms with Gasteiger partial charge in [-0.3, -0.25) is 14.2 Å². The molecule has 0 radical (unpaired) electrons. The summed E-state index contributed by atoms with van der Waals surface area (Å²) in [4.78, 5) is 43.5. The maximum Gasteiger partial charge on any atom is 0.338 e. The van der Waals surface area contributed by atoms with Crippen LogP contribution in [0.1, 0.15) is 37.9 Å². The lowest BCUT2D eigenvalue weighted by Crippen LogP contribution is -2.40. The van der Waals surface area contributed by atoms with E-state index in [9.17, 15) is 14.4 Å². The highest BCUT2D eigenvalue weighted by molar-refractivity contribution is 7.07. The predicted molar refractivity (Wildman–Crippen MR) is 138 cm³/mol. The molecular formula is C27H26N2O7S. The Morgan fingerprint density at radius 1 is 1.11 bits per heavy atom. The molecule has 9 nitrogen and oxygen atoms in total. The number of ether oxygens (including phenoxy) is 4. The molecule has 0 aliphatic carbocycles. The first-order valence-corrected chi connectivity index (χ1v) is 12.3. The number of allylic oxidation sites excluding steroid dienone is 1. The summed E-state index contributed by atoms with van der Waals surface area (Å²) in [6, 6.07) is 11.3. The SMILES string of the molecule is CCOC(=O)C1=C(C)N=c2s/c(=C\c3ccccc3OC(C)=O)c(=O)n2[C@@H]1c1ccc(OC)cc1OC. The Balaban J connectivity index is 1.99. The number of hydrogen-bond acceptors (Lipinski definition) is 9. The lowest BCUT2D eigenvalue weighted by molar-refractivity contribution is -0.139. The van der Waals surface area contributed by atoms with Crippen LogP contribution in [0.3, 0.4) is 0 Å². The fourth-order valence-corrected chi connectivity index (χ4v) is 5.16. The van der Waals surface area contributed by atoms with E-state index in [-0.39, 0.29) is 17.7 Å². The number of fused-ring (bicyclic) bond motifs is 1. The summed E-state index contributed by atoms with van der Waals surface area (Å²) in [6.07, 6.45) is 1.65. The largest absolute Gasteiger partial charge is 0.497 e. The van der Waals surface area contributed by atoms with Crippen LogP contribution < -0.4 is 29.1 Å². The number of rotatable bonds is 7. The van der Waals surface area contributed by atoms with Gasteiger partial charge in [-0.05, 0) is 38.1 Å². The number of hydrogen-bond donors (Lipinski definition) is 0. The number of methoxy groups -OCH3 is 2. The second-order valence-electron chi connectivity index (χ2n) is 8.04. The van der Waals surface area contributed by atoms with Crippen LogP contribution in [0.15, 0.2) is 63.5 Å². The minimum absolute atomic E-state index is 0.166. The van der Waals surface area contributed by atoms with Gasteiger partial charge in [0.25, 0.3) is 5.56 Å². The summed E-state index contributed by atoms with van der Waals surface area (Å²) in [7, 11) is 3.05. The van der Waals surface area contributed by atoms with Gasteiger partial charge in [0, 0.05) is 24.1 Å². The molecular weight excluding hydrogens is 496 g/mol. The van der Waals surface area contributed by atoms with Crippen LogP contribution in [0.25, 0.3) is 6.08 Å². The molecule has 0 spiro atoms. The number of nitrogens with zero attached hydrogens (tertiary/aromatic N) is 2. The number of thiazole rings is 1. The van der Waals surface area contributed by atoms with E-state index in [1.807, 2.05) is 0 Å². The molecule has 1 aliphatic heterocycles. The van der Waals surface area contributed by atoms with Crippen molar-refractivity contribution in [2.75, 3.05) is 20.8 Å². The van der Waals surface area contributed by atoms with Crippen molar-refractivity contribution in [1.82, 2.24) is 4.57 Å². The molecule has 0 unspecified atom stereocenters. The highest BCUT2D eigenvalue weighted by atomic mass is 32.1. The van der Waals surface area contributed by atoms with Crippen LogP contribution >= 0.6 is 11.3 Å². The predicted octanol–water partition coefficient (Wildman–Crippen LogP) is 2.74. The highest BCUT2D eigenvalue weighted by Crippen LogP contribution is 2.37. The summed E-state index contributed by atoms with van der Waals surface area (Å²) >= 11 is 1.17. The summed E-state index contributed by atoms with van der Waals surface area (Å²) in [5.41, 5.74) is 1.45. The van der Waals surface area contributed by atoms with Gasteiger partial charge in [0.15, 0.2) is 4.80 Å². The Kier molecular flexibility index (Phi) is 7.58. The maximum atomic E-state index is 13.8. The fraction of sp³-hybridized carbons (Fsp3) is 0.259. The van der Waals surface area contributed by atoms with Crippen LogP contribution in [-0.4, -0.2) is 37.3 Å². The topological polar surface area (TPSA) is 105 Å². The van der Waals surface area contributed by atoms with Crippen molar-refractivity contribution in [3.05, 3.63) is 84.5 Å². The van der Waals surface area contributed by atoms with Crippen molar-refractivity contribution in [2.24, 2.45) is 4.99 Å². The van der Waals surface area contributed by atoms with Crippen molar-refractivity contribution in [3.8, 4) is 17.2 Å². The zero-order valence-electron chi connectivity index (χ0n) is 21.1. The third kappa shape index (κ3) is 5.05. The van der Waals surface area contributed by atoms with Crippen molar-refractivity contribution in [2.45, 2.75) is 26.8 Å². The molecule has 37 heavy (non-hydrogen) atoms. The Morgan fingerprint density at radius 3 is 2.54 bits per heavy atom. The average molecular weight is 523 g/mol. The molecule has 0 saturated carbocycles. The molecule has 0 fully saturated rings. The number of carbonyl (C=O) groups excluding carboxylic acids is 2. The number of carbonyl (C=O) groups is 2. The fourth-order valence-electron chi connectivity index (χ4n) is 4.12. The lowest BCUT2D eigenvalue weighted by atomic mass is 9.95. The number of esters is 2. The first-order chi connectivity index (χ1) is 17.8. The van der Waals surface area contributed by atoms with Gasteiger partial charge in [0.1, 0.15) is 23.3 Å². The van der Waals surface area contributed by atoms with Crippen molar-refractivity contribution >= 4 is 29.4 Å². The van der Waals surface area contributed by atoms with E-state index in [0.717, 1.165) is 0 Å². The molecule has 10 heteroatoms. The Morgan fingerprint density at radius 2 is 1.86 bits per heavy atom. The van der Waals surface area contributed by atoms with Crippen LogP contribution in [0, 0.1) is 0 Å². The molecule has 2 heterocycles. The van der Waals surface area contributed by atoms with E-state index in [2.05, 4.69) is 4.99 Å². The van der Waals surface area contributed by atoms with Gasteiger partial charge < -0.3 is 18.9 Å². The van der Waals surface area contributed by atoms with E-state index in [1.54, 1.807) is 69.5 Å². The Hall–Kier alpha value is -4.18. The molecule has 3 aromatic rings. The molecule has 0 amide bonds. The van der Waals surface area contributed by atoms with Gasteiger partial charge in [-0.25, -0.2) is 9.79 Å². The molecule has 1 atom stereocenters. The Labute approximate surface area is 216 Å². The molecule has 0 N–H and O–H groups in total. The number of benzene rings is 2. The van der Waals surface area contributed by atoms with Crippen LogP contribution in [0.4, 0.5) is 0 Å². The van der Waals surface area contributed by atoms with Gasteiger partial charge in [0.05, 0.1) is 36.6 Å². The maximum absolute atomic E-state index is 13.8. The van der Waals surface area contributed by atoms with Crippen molar-refractivity contribution < 1.29 is 28.5 Å². The van der Waals surface area contributed by atoms with Crippen molar-refractivity contribution in [3.63, 3.8) is 0 Å². The highest BCUT2D eigenvalue weighted by Gasteiger charge is 2.35. The Bertz CT molecular complexity index is 1580. The van der Waals surface area contributed by atoms with Crippen LogP contribution in [0.2, 0.25) is 0 Å². The van der Waals surface area contributed by atoms with Gasteiger partial charge >= 0.3 is 11.9 Å². The second-order valence-corrected chi connectivity index (χ2v) is 9.05. The molecule has 192 valence electrons. The van der Waals surface area contributed by atoms with Gasteiger partial charge in [-0.2, -0.15) is 0 Å². The number of para-hydroxylation sites is 1. The molecule has 2 aromatic carbocycles. The molecule has 1 aliphatic rings. The van der Waals surface area contributed by atoms with E-state index >= 15 is 0 Å². The third-order valence-electron chi connectivity index (χ3n) is 5.71. The normalized spacial score (nSPS) is 15.1. The first-order valence-electron chi connectivity index (χ1n) is 11.5. The van der Waals surface area contributed by atoms with Crippen molar-refractivity contribution in [1.29, 1.82) is 0 Å². The molecule has 0 saturated heterocycles. The summed E-state index contributed by atoms with van der Waals surface area (Å²) in [6.45, 7) is 4.90. The quantitative estimate of drug-likeness (QED) is 0.347. The smallest absolute Gasteiger partial charge is 0.338 e. The van der Waals surface area contributed by atoms with E-state index in [4.69, 9.17) is 18.9 Å². The molecule has 4 rings (SSSR count). The first kappa shape index (κ1) is 25.9. The third-order valence-corrected chi connectivity index (χ3v) is 6.69. The zero-order chi connectivity index (χ0) is 26.7. The van der Waals surface area contributed by atoms with E-state index in [0.29, 0.717) is 43.4 Å². The standard InChI is InChI=1S/C27H26N2O7S/c1-6-35-26(32)23-15(2)28-27-29(24(23)19-12-11-18(33-4)14-21(19)34-5)25(31)22(37-27)13-17-9-7-8-10-20(17)36-16(3)30/h7-14,24H,6H2,1-5H3/b22-13-/t24-/m1/s1. The van der Waals surface area contributed by atoms with Gasteiger partial charge in [-0.15, -0.1) is 0 Å². The zero-order valence-corrected chi connectivity index (χ0v) is 21.9. The van der Waals surface area contributed by atoms with Crippen LogP contribution in [-0.2, 0) is 14.3 Å².